The molecule has 0 spiro atoms. The van der Waals surface area contributed by atoms with Gasteiger partial charge in [0.2, 0.25) is 0 Å². The van der Waals surface area contributed by atoms with Gasteiger partial charge < -0.3 is 29.6 Å². The van der Waals surface area contributed by atoms with Gasteiger partial charge in [0.05, 0.1) is 12.6 Å². The van der Waals surface area contributed by atoms with Crippen molar-refractivity contribution >= 4 is 21.3 Å². The van der Waals surface area contributed by atoms with Crippen molar-refractivity contribution in [3.05, 3.63) is 0 Å². The molecule has 9 heteroatoms. The molecular formula is C14H32BNO6Si. The van der Waals surface area contributed by atoms with E-state index in [-0.39, 0.29) is 19.7 Å². The third kappa shape index (κ3) is 16.0. The Labute approximate surface area is 140 Å². The van der Waals surface area contributed by atoms with Crippen molar-refractivity contribution in [3.63, 3.8) is 0 Å². The van der Waals surface area contributed by atoms with Gasteiger partial charge in [-0.2, -0.15) is 0 Å². The predicted molar refractivity (Wildman–Crippen MR) is 93.1 cm³/mol. The Bertz CT molecular complexity index is 343. The number of rotatable bonds is 10. The summed E-state index contributed by atoms with van der Waals surface area (Å²) in [4.78, 5) is 11.7. The number of alkyl carbamates (subject to hydrolysis) is 1. The highest BCUT2D eigenvalue weighted by molar-refractivity contribution is 6.76. The summed E-state index contributed by atoms with van der Waals surface area (Å²) < 4.78 is 15.9. The molecule has 7 nitrogen and oxygen atoms in total. The molecule has 0 aliphatic carbocycles. The van der Waals surface area contributed by atoms with Crippen LogP contribution in [0.2, 0.25) is 32.0 Å². The number of hydrogen-bond acceptors (Lipinski definition) is 6. The monoisotopic (exact) mass is 349 g/mol. The lowest BCUT2D eigenvalue weighted by Gasteiger charge is -2.23. The van der Waals surface area contributed by atoms with Crippen LogP contribution in [0.5, 0.6) is 0 Å². The number of hydrogen-bond donors (Lipinski definition) is 3. The number of ether oxygens (including phenoxy) is 3. The summed E-state index contributed by atoms with van der Waals surface area (Å²) in [7, 11) is -2.66. The maximum atomic E-state index is 11.7. The van der Waals surface area contributed by atoms with E-state index >= 15 is 0 Å². The van der Waals surface area contributed by atoms with Crippen LogP contribution >= 0.6 is 0 Å². The first-order chi connectivity index (χ1) is 10.4. The lowest BCUT2D eigenvalue weighted by atomic mass is 9.82. The van der Waals surface area contributed by atoms with E-state index in [4.69, 9.17) is 24.3 Å². The van der Waals surface area contributed by atoms with E-state index < -0.39 is 32.9 Å². The van der Waals surface area contributed by atoms with Crippen LogP contribution in [0.3, 0.4) is 0 Å². The molecule has 0 saturated heterocycles. The van der Waals surface area contributed by atoms with Crippen LogP contribution in [0.4, 0.5) is 4.79 Å². The summed E-state index contributed by atoms with van der Waals surface area (Å²) in [6.07, 6.45) is -0.667. The van der Waals surface area contributed by atoms with E-state index in [1.54, 1.807) is 20.8 Å². The summed E-state index contributed by atoms with van der Waals surface area (Å²) in [6.45, 7) is 12.9. The molecule has 0 saturated carbocycles. The number of amides is 1. The minimum atomic E-state index is -1.54. The van der Waals surface area contributed by atoms with Crippen LogP contribution in [0.1, 0.15) is 20.8 Å². The Morgan fingerprint density at radius 1 is 1.22 bits per heavy atom. The molecule has 0 bridgehead atoms. The van der Waals surface area contributed by atoms with Crippen LogP contribution in [-0.4, -0.2) is 63.0 Å². The van der Waals surface area contributed by atoms with E-state index in [0.717, 1.165) is 6.04 Å². The fourth-order valence-corrected chi connectivity index (χ4v) is 2.34. The van der Waals surface area contributed by atoms with Crippen LogP contribution in [0, 0.1) is 0 Å². The van der Waals surface area contributed by atoms with Gasteiger partial charge in [0.1, 0.15) is 12.4 Å². The second-order valence-corrected chi connectivity index (χ2v) is 13.4. The summed E-state index contributed by atoms with van der Waals surface area (Å²) in [5.41, 5.74) is -0.618. The Morgan fingerprint density at radius 2 is 1.83 bits per heavy atom. The zero-order chi connectivity index (χ0) is 18.1. The summed E-state index contributed by atoms with van der Waals surface area (Å²) in [6, 6.07) is 0.483. The van der Waals surface area contributed by atoms with Crippen LogP contribution in [0.25, 0.3) is 0 Å². The first kappa shape index (κ1) is 22.4. The molecule has 0 heterocycles. The van der Waals surface area contributed by atoms with Gasteiger partial charge in [-0.05, 0) is 26.8 Å². The minimum Gasteiger partial charge on any atom is -0.444 e. The Morgan fingerprint density at radius 3 is 2.30 bits per heavy atom. The second-order valence-electron chi connectivity index (χ2n) is 7.77. The number of carbonyl (C=O) groups excluding carboxylic acids is 1. The highest BCUT2D eigenvalue weighted by Gasteiger charge is 2.23. The fourth-order valence-electron chi connectivity index (χ4n) is 1.58. The maximum absolute atomic E-state index is 11.7. The van der Waals surface area contributed by atoms with E-state index in [0.29, 0.717) is 6.61 Å². The van der Waals surface area contributed by atoms with Crippen molar-refractivity contribution in [2.45, 2.75) is 64.4 Å². The van der Waals surface area contributed by atoms with Crippen molar-refractivity contribution in [2.75, 3.05) is 20.0 Å². The van der Waals surface area contributed by atoms with Crippen molar-refractivity contribution < 1.29 is 29.1 Å². The molecule has 0 aliphatic heterocycles. The highest BCUT2D eigenvalue weighted by Crippen LogP contribution is 2.09. The molecule has 3 N–H and O–H groups in total. The predicted octanol–water partition coefficient (Wildman–Crippen LogP) is 1.68. The molecule has 0 aromatic rings. The molecule has 0 aromatic carbocycles. The van der Waals surface area contributed by atoms with E-state index in [9.17, 15) is 4.79 Å². The van der Waals surface area contributed by atoms with Gasteiger partial charge in [-0.3, -0.25) is 0 Å². The Kier molecular flexibility index (Phi) is 10.0. The highest BCUT2D eigenvalue weighted by atomic mass is 28.3. The third-order valence-corrected chi connectivity index (χ3v) is 4.40. The summed E-state index contributed by atoms with van der Waals surface area (Å²) in [5.74, 6) is 0. The van der Waals surface area contributed by atoms with Crippen LogP contribution < -0.4 is 5.32 Å². The van der Waals surface area contributed by atoms with Crippen molar-refractivity contribution in [1.82, 2.24) is 5.32 Å². The molecule has 1 atom stereocenters. The quantitative estimate of drug-likeness (QED) is 0.315. The van der Waals surface area contributed by atoms with Crippen LogP contribution in [-0.2, 0) is 14.2 Å². The Balaban J connectivity index is 4.08. The van der Waals surface area contributed by atoms with Gasteiger partial charge in [0, 0.05) is 21.0 Å². The number of nitrogens with one attached hydrogen (secondary N) is 1. The van der Waals surface area contributed by atoms with Gasteiger partial charge >= 0.3 is 13.2 Å². The van der Waals surface area contributed by atoms with E-state index in [2.05, 4.69) is 25.0 Å². The first-order valence-corrected chi connectivity index (χ1v) is 11.6. The van der Waals surface area contributed by atoms with Crippen molar-refractivity contribution in [3.8, 4) is 0 Å². The third-order valence-electron chi connectivity index (χ3n) is 2.70. The molecular weight excluding hydrogens is 317 g/mol. The van der Waals surface area contributed by atoms with Crippen molar-refractivity contribution in [1.29, 1.82) is 0 Å². The zero-order valence-electron chi connectivity index (χ0n) is 15.2. The SMILES string of the molecule is CC(C)(C)OC(=O)N[C@H](COCOCC[Si](C)(C)C)CB(O)O. The van der Waals surface area contributed by atoms with Gasteiger partial charge in [0.15, 0.2) is 0 Å². The van der Waals surface area contributed by atoms with Gasteiger partial charge in [0.25, 0.3) is 0 Å². The molecule has 0 fully saturated rings. The Hall–Kier alpha value is -0.608. The smallest absolute Gasteiger partial charge is 0.444 e. The zero-order valence-corrected chi connectivity index (χ0v) is 16.2. The largest absolute Gasteiger partial charge is 0.453 e. The molecule has 0 aromatic heterocycles. The standard InChI is InChI=1S/C14H32BNO6Si/c1-14(2,3)22-13(17)16-12(9-15(18)19)10-21-11-20-7-8-23(4,5)6/h12,18-19H,7-11H2,1-6H3,(H,16,17)/t12-/m0/s1. The molecule has 0 radical (unpaired) electrons. The second kappa shape index (κ2) is 10.3. The maximum Gasteiger partial charge on any atom is 0.453 e. The lowest BCUT2D eigenvalue weighted by Crippen LogP contribution is -2.43. The van der Waals surface area contributed by atoms with E-state index in [1.807, 2.05) is 0 Å². The molecule has 0 aliphatic rings. The molecule has 1 amide bonds. The average Bonchev–Trinajstić information content (AvgIpc) is 2.28. The van der Waals surface area contributed by atoms with Crippen LogP contribution in [0.15, 0.2) is 0 Å². The summed E-state index contributed by atoms with van der Waals surface area (Å²) >= 11 is 0. The first-order valence-electron chi connectivity index (χ1n) is 7.90. The average molecular weight is 349 g/mol. The lowest BCUT2D eigenvalue weighted by molar-refractivity contribution is -0.0553. The molecule has 0 rings (SSSR count). The topological polar surface area (TPSA) is 97.3 Å². The molecule has 23 heavy (non-hydrogen) atoms. The normalized spacial score (nSPS) is 13.6. The molecule has 136 valence electrons. The van der Waals surface area contributed by atoms with Gasteiger partial charge in [-0.1, -0.05) is 19.6 Å². The van der Waals surface area contributed by atoms with Gasteiger partial charge in [-0.15, -0.1) is 0 Å². The summed E-state index contributed by atoms with van der Waals surface area (Å²) in [5, 5.41) is 20.7. The minimum absolute atomic E-state index is 0.0475. The van der Waals surface area contributed by atoms with Gasteiger partial charge in [-0.25, -0.2) is 4.79 Å². The van der Waals surface area contributed by atoms with E-state index in [1.165, 1.54) is 0 Å². The number of carbonyl (C=O) groups is 1. The fraction of sp³-hybridized carbons (Fsp3) is 0.929. The van der Waals surface area contributed by atoms with Crippen molar-refractivity contribution in [2.24, 2.45) is 0 Å². The molecule has 0 unspecified atom stereocenters.